The number of aryl methyl sites for hydroxylation is 1. The molecule has 0 aliphatic heterocycles. The average Bonchev–Trinajstić information content (AvgIpc) is 2.80. The lowest BCUT2D eigenvalue weighted by atomic mass is 10.1. The number of hydrogen-bond acceptors (Lipinski definition) is 7. The van der Waals surface area contributed by atoms with Gasteiger partial charge in [0, 0.05) is 5.02 Å². The number of halogens is 2. The zero-order valence-corrected chi connectivity index (χ0v) is 21.5. The smallest absolute Gasteiger partial charge is 0.294 e. The van der Waals surface area contributed by atoms with Gasteiger partial charge in [0.15, 0.2) is 5.75 Å². The summed E-state index contributed by atoms with van der Waals surface area (Å²) in [4.78, 5) is -0.666. The van der Waals surface area contributed by atoms with E-state index in [4.69, 9.17) is 23.2 Å². The Morgan fingerprint density at radius 3 is 2.14 bits per heavy atom. The summed E-state index contributed by atoms with van der Waals surface area (Å²) >= 11 is 12.0. The van der Waals surface area contributed by atoms with Crippen molar-refractivity contribution in [1.29, 1.82) is 0 Å². The number of phenols is 1. The second-order valence-electron chi connectivity index (χ2n) is 7.69. The van der Waals surface area contributed by atoms with Crippen LogP contribution in [-0.4, -0.2) is 26.5 Å². The molecule has 0 saturated heterocycles. The number of sulfonamides is 1. The summed E-state index contributed by atoms with van der Waals surface area (Å²) in [6.45, 7) is 1.79. The van der Waals surface area contributed by atoms with E-state index in [1.807, 2.05) is 0 Å². The average molecular weight is 566 g/mol. The van der Waals surface area contributed by atoms with Crippen molar-refractivity contribution < 1.29 is 26.5 Å². The summed E-state index contributed by atoms with van der Waals surface area (Å²) < 4.78 is 61.6. The summed E-state index contributed by atoms with van der Waals surface area (Å²) in [7, 11) is -8.91. The molecule has 9 nitrogen and oxygen atoms in total. The largest absolute Gasteiger partial charge is 0.505 e. The first-order valence-electron chi connectivity index (χ1n) is 10.1. The Kier molecular flexibility index (Phi) is 6.95. The van der Waals surface area contributed by atoms with Gasteiger partial charge in [-0.1, -0.05) is 47.0 Å². The van der Waals surface area contributed by atoms with Gasteiger partial charge in [0.05, 0.1) is 25.9 Å². The third-order valence-electron chi connectivity index (χ3n) is 5.09. The fraction of sp³-hybridized carbons (Fsp3) is 0.0435. The highest BCUT2D eigenvalue weighted by Gasteiger charge is 2.22. The van der Waals surface area contributed by atoms with E-state index >= 15 is 0 Å². The van der Waals surface area contributed by atoms with Gasteiger partial charge in [-0.15, -0.1) is 10.2 Å². The SMILES string of the molecule is Cc1ccc(S(=O)(=O)Nc2cc(S(=O)(=O)O)cc3ccc(N=Nc4cc(Cl)ccc4Cl)c(O)c23)cc1. The van der Waals surface area contributed by atoms with Crippen LogP contribution >= 0.6 is 23.2 Å². The number of phenolic OH excluding ortho intramolecular Hbond substituents is 1. The van der Waals surface area contributed by atoms with E-state index in [2.05, 4.69) is 15.0 Å². The molecule has 4 aromatic carbocycles. The summed E-state index contributed by atoms with van der Waals surface area (Å²) in [5, 5.41) is 19.6. The molecule has 0 bridgehead atoms. The number of aromatic hydroxyl groups is 1. The molecule has 3 N–H and O–H groups in total. The fourth-order valence-electron chi connectivity index (χ4n) is 3.31. The van der Waals surface area contributed by atoms with Crippen LogP contribution in [0.4, 0.5) is 17.1 Å². The molecule has 0 unspecified atom stereocenters. The predicted octanol–water partition coefficient (Wildman–Crippen LogP) is 6.62. The van der Waals surface area contributed by atoms with Crippen molar-refractivity contribution in [2.24, 2.45) is 10.2 Å². The normalized spacial score (nSPS) is 12.3. The van der Waals surface area contributed by atoms with Crippen LogP contribution in [0.25, 0.3) is 10.8 Å². The van der Waals surface area contributed by atoms with E-state index < -0.39 is 30.8 Å². The van der Waals surface area contributed by atoms with Crippen LogP contribution in [-0.2, 0) is 20.1 Å². The van der Waals surface area contributed by atoms with E-state index in [9.17, 15) is 26.5 Å². The molecule has 0 aliphatic rings. The molecule has 0 radical (unpaired) electrons. The van der Waals surface area contributed by atoms with Crippen LogP contribution < -0.4 is 4.72 Å². The molecular formula is C23H17Cl2N3O6S2. The van der Waals surface area contributed by atoms with E-state index in [0.717, 1.165) is 17.7 Å². The van der Waals surface area contributed by atoms with Gasteiger partial charge in [-0.3, -0.25) is 9.27 Å². The quantitative estimate of drug-likeness (QED) is 0.177. The lowest BCUT2D eigenvalue weighted by Gasteiger charge is -2.14. The third-order valence-corrected chi connectivity index (χ3v) is 7.86. The van der Waals surface area contributed by atoms with Crippen LogP contribution in [0.2, 0.25) is 10.0 Å². The predicted molar refractivity (Wildman–Crippen MR) is 138 cm³/mol. The summed E-state index contributed by atoms with van der Waals surface area (Å²) in [6.07, 6.45) is 0. The van der Waals surface area contributed by atoms with Gasteiger partial charge in [-0.2, -0.15) is 8.42 Å². The molecule has 4 aromatic rings. The van der Waals surface area contributed by atoms with E-state index in [1.165, 1.54) is 36.4 Å². The molecular weight excluding hydrogens is 549 g/mol. The number of anilines is 1. The minimum atomic E-state index is -4.71. The minimum absolute atomic E-state index is 0.0612. The van der Waals surface area contributed by atoms with Crippen LogP contribution in [0.3, 0.4) is 0 Å². The first kappa shape index (κ1) is 25.9. The van der Waals surface area contributed by atoms with E-state index in [1.54, 1.807) is 25.1 Å². The molecule has 0 aliphatic carbocycles. The summed E-state index contributed by atoms with van der Waals surface area (Å²) in [5.41, 5.74) is 0.705. The first-order chi connectivity index (χ1) is 16.8. The van der Waals surface area contributed by atoms with Crippen molar-refractivity contribution in [3.05, 3.63) is 82.3 Å². The number of nitrogens with one attached hydrogen (secondary N) is 1. The van der Waals surface area contributed by atoms with Crippen molar-refractivity contribution in [2.75, 3.05) is 4.72 Å². The number of nitrogens with zero attached hydrogens (tertiary/aromatic N) is 2. The number of benzene rings is 4. The molecule has 0 heterocycles. The lowest BCUT2D eigenvalue weighted by Crippen LogP contribution is -2.14. The van der Waals surface area contributed by atoms with Gasteiger partial charge >= 0.3 is 0 Å². The van der Waals surface area contributed by atoms with Gasteiger partial charge in [0.2, 0.25) is 0 Å². The van der Waals surface area contributed by atoms with Crippen LogP contribution in [0.5, 0.6) is 5.75 Å². The van der Waals surface area contributed by atoms with Crippen molar-refractivity contribution in [3.8, 4) is 5.75 Å². The molecule has 13 heteroatoms. The maximum Gasteiger partial charge on any atom is 0.294 e. The van der Waals surface area contributed by atoms with Crippen LogP contribution in [0.15, 0.2) is 86.7 Å². The number of hydrogen-bond donors (Lipinski definition) is 3. The van der Waals surface area contributed by atoms with Crippen molar-refractivity contribution in [2.45, 2.75) is 16.7 Å². The highest BCUT2D eigenvalue weighted by molar-refractivity contribution is 7.92. The maximum absolute atomic E-state index is 13.0. The number of rotatable bonds is 6. The van der Waals surface area contributed by atoms with Crippen molar-refractivity contribution in [3.63, 3.8) is 0 Å². The molecule has 0 aromatic heterocycles. The Bertz CT molecular complexity index is 1740. The first-order valence-corrected chi connectivity index (χ1v) is 13.8. The Balaban J connectivity index is 1.88. The summed E-state index contributed by atoms with van der Waals surface area (Å²) in [6, 6.07) is 15.2. The van der Waals surface area contributed by atoms with Gasteiger partial charge in [0.25, 0.3) is 20.1 Å². The zero-order valence-electron chi connectivity index (χ0n) is 18.3. The number of azo groups is 1. The van der Waals surface area contributed by atoms with E-state index in [-0.39, 0.29) is 37.8 Å². The monoisotopic (exact) mass is 565 g/mol. The van der Waals surface area contributed by atoms with Crippen LogP contribution in [0.1, 0.15) is 5.56 Å². The zero-order chi connectivity index (χ0) is 26.3. The van der Waals surface area contributed by atoms with Gasteiger partial charge in [-0.05, 0) is 60.8 Å². The second kappa shape index (κ2) is 9.68. The maximum atomic E-state index is 13.0. The molecule has 0 saturated carbocycles. The standard InChI is InChI=1S/C23H17Cl2N3O6S2/c1-13-2-6-16(7-3-13)35(30,31)28-21-12-17(36(32,33)34)10-14-4-9-19(23(29)22(14)21)26-27-20-11-15(24)5-8-18(20)25/h2-12,28-29H,1H3,(H,32,33,34). The number of fused-ring (bicyclic) bond motifs is 1. The molecule has 0 amide bonds. The Labute approximate surface area is 216 Å². The molecule has 0 atom stereocenters. The Morgan fingerprint density at radius 1 is 0.806 bits per heavy atom. The summed E-state index contributed by atoms with van der Waals surface area (Å²) in [5.74, 6) is -0.488. The highest BCUT2D eigenvalue weighted by atomic mass is 35.5. The molecule has 36 heavy (non-hydrogen) atoms. The van der Waals surface area contributed by atoms with Gasteiger partial charge in [0.1, 0.15) is 11.4 Å². The van der Waals surface area contributed by atoms with Crippen molar-refractivity contribution >= 4 is 71.2 Å². The molecule has 4 rings (SSSR count). The van der Waals surface area contributed by atoms with Gasteiger partial charge in [-0.25, -0.2) is 8.42 Å². The highest BCUT2D eigenvalue weighted by Crippen LogP contribution is 2.42. The van der Waals surface area contributed by atoms with E-state index in [0.29, 0.717) is 5.02 Å². The molecule has 186 valence electrons. The molecule has 0 fully saturated rings. The third kappa shape index (κ3) is 5.45. The topological polar surface area (TPSA) is 145 Å². The Hall–Kier alpha value is -3.22. The fourth-order valence-corrected chi connectivity index (χ4v) is 5.24. The van der Waals surface area contributed by atoms with Gasteiger partial charge < -0.3 is 5.11 Å². The van der Waals surface area contributed by atoms with Crippen LogP contribution in [0, 0.1) is 6.92 Å². The molecule has 0 spiro atoms. The lowest BCUT2D eigenvalue weighted by molar-refractivity contribution is 0.480. The second-order valence-corrected chi connectivity index (χ2v) is 11.6. The minimum Gasteiger partial charge on any atom is -0.505 e. The Morgan fingerprint density at radius 2 is 1.47 bits per heavy atom. The van der Waals surface area contributed by atoms with Crippen molar-refractivity contribution in [1.82, 2.24) is 0 Å².